The van der Waals surface area contributed by atoms with Crippen LogP contribution in [0.25, 0.3) is 0 Å². The normalized spacial score (nSPS) is 20.7. The molecule has 0 aliphatic heterocycles. The molecule has 0 heterocycles. The van der Waals surface area contributed by atoms with Crippen LogP contribution < -0.4 is 4.90 Å². The summed E-state index contributed by atoms with van der Waals surface area (Å²) in [6.07, 6.45) is 13.2. The molecule has 3 heteroatoms. The van der Waals surface area contributed by atoms with Gasteiger partial charge >= 0.3 is 5.97 Å². The van der Waals surface area contributed by atoms with Crippen LogP contribution in [-0.4, -0.2) is 23.2 Å². The molecule has 1 N–H and O–H groups in total. The Balaban J connectivity index is 1.84. The van der Waals surface area contributed by atoms with Crippen molar-refractivity contribution in [3.05, 3.63) is 29.8 Å². The highest BCUT2D eigenvalue weighted by atomic mass is 16.4. The van der Waals surface area contributed by atoms with Crippen molar-refractivity contribution in [3.63, 3.8) is 0 Å². The minimum Gasteiger partial charge on any atom is -0.478 e. The number of benzene rings is 1. The average Bonchev–Trinajstić information content (AvgIpc) is 2.57. The molecule has 0 aromatic heterocycles. The Labute approximate surface area is 133 Å². The van der Waals surface area contributed by atoms with Gasteiger partial charge in [-0.2, -0.15) is 0 Å². The second kappa shape index (κ2) is 7.17. The minimum atomic E-state index is -0.839. The molecule has 3 rings (SSSR count). The maximum atomic E-state index is 11.1. The Kier molecular flexibility index (Phi) is 5.01. The first-order valence-corrected chi connectivity index (χ1v) is 8.87. The summed E-state index contributed by atoms with van der Waals surface area (Å²) in [5.74, 6) is -0.839. The van der Waals surface area contributed by atoms with E-state index in [4.69, 9.17) is 5.11 Å². The molecule has 0 unspecified atom stereocenters. The van der Waals surface area contributed by atoms with Gasteiger partial charge in [0.25, 0.3) is 0 Å². The Bertz CT molecular complexity index is 467. The van der Waals surface area contributed by atoms with Crippen molar-refractivity contribution in [3.8, 4) is 0 Å². The van der Waals surface area contributed by atoms with E-state index in [1.54, 1.807) is 12.1 Å². The van der Waals surface area contributed by atoms with Crippen LogP contribution in [0.2, 0.25) is 0 Å². The lowest BCUT2D eigenvalue weighted by Gasteiger charge is -2.43. The second-order valence-electron chi connectivity index (χ2n) is 6.84. The number of hydrogen-bond acceptors (Lipinski definition) is 2. The number of rotatable bonds is 4. The lowest BCUT2D eigenvalue weighted by atomic mass is 9.88. The molecular weight excluding hydrogens is 274 g/mol. The number of nitrogens with zero attached hydrogens (tertiary/aromatic N) is 1. The van der Waals surface area contributed by atoms with Gasteiger partial charge in [0.2, 0.25) is 0 Å². The standard InChI is InChI=1S/C19H27NO2/c21-19(22)15-11-13-18(14-12-15)20(16-7-3-1-4-8-16)17-9-5-2-6-10-17/h11-14,16-17H,1-10H2,(H,21,22). The molecule has 2 aliphatic rings. The molecule has 0 radical (unpaired) electrons. The summed E-state index contributed by atoms with van der Waals surface area (Å²) in [6.45, 7) is 0. The number of aromatic carboxylic acids is 1. The quantitative estimate of drug-likeness (QED) is 0.863. The van der Waals surface area contributed by atoms with Gasteiger partial charge in [-0.1, -0.05) is 38.5 Å². The van der Waals surface area contributed by atoms with Gasteiger partial charge in [0.05, 0.1) is 5.56 Å². The largest absolute Gasteiger partial charge is 0.478 e. The van der Waals surface area contributed by atoms with Crippen molar-refractivity contribution in [2.24, 2.45) is 0 Å². The van der Waals surface area contributed by atoms with E-state index in [1.165, 1.54) is 69.9 Å². The molecular formula is C19H27NO2. The van der Waals surface area contributed by atoms with Crippen molar-refractivity contribution in [2.45, 2.75) is 76.3 Å². The fraction of sp³-hybridized carbons (Fsp3) is 0.632. The Morgan fingerprint density at radius 3 is 1.68 bits per heavy atom. The van der Waals surface area contributed by atoms with Crippen molar-refractivity contribution >= 4 is 11.7 Å². The third-order valence-electron chi connectivity index (χ3n) is 5.35. The Hall–Kier alpha value is -1.51. The lowest BCUT2D eigenvalue weighted by Crippen LogP contribution is -2.45. The number of carboxylic acid groups (broad SMARTS) is 1. The summed E-state index contributed by atoms with van der Waals surface area (Å²) in [5, 5.41) is 9.10. The second-order valence-corrected chi connectivity index (χ2v) is 6.84. The first-order valence-electron chi connectivity index (χ1n) is 8.87. The maximum absolute atomic E-state index is 11.1. The zero-order valence-corrected chi connectivity index (χ0v) is 13.3. The molecule has 2 aliphatic carbocycles. The fourth-order valence-electron chi connectivity index (χ4n) is 4.21. The first kappa shape index (κ1) is 15.4. The molecule has 1 aromatic carbocycles. The Morgan fingerprint density at radius 1 is 0.818 bits per heavy atom. The van der Waals surface area contributed by atoms with Crippen molar-refractivity contribution in [2.75, 3.05) is 4.90 Å². The summed E-state index contributed by atoms with van der Waals surface area (Å²) in [7, 11) is 0. The molecule has 0 saturated heterocycles. The van der Waals surface area contributed by atoms with Crippen LogP contribution in [0, 0.1) is 0 Å². The van der Waals surface area contributed by atoms with Crippen LogP contribution in [0.1, 0.15) is 74.6 Å². The van der Waals surface area contributed by atoms with Gasteiger partial charge in [-0.25, -0.2) is 4.79 Å². The summed E-state index contributed by atoms with van der Waals surface area (Å²) in [6, 6.07) is 8.85. The minimum absolute atomic E-state index is 0.385. The number of carboxylic acids is 1. The summed E-state index contributed by atoms with van der Waals surface area (Å²) < 4.78 is 0. The molecule has 2 fully saturated rings. The molecule has 0 atom stereocenters. The van der Waals surface area contributed by atoms with Crippen molar-refractivity contribution in [1.82, 2.24) is 0 Å². The van der Waals surface area contributed by atoms with E-state index in [0.717, 1.165) is 0 Å². The highest BCUT2D eigenvalue weighted by molar-refractivity contribution is 5.88. The van der Waals surface area contributed by atoms with Crippen molar-refractivity contribution < 1.29 is 9.90 Å². The van der Waals surface area contributed by atoms with Gasteiger partial charge < -0.3 is 10.0 Å². The van der Waals surface area contributed by atoms with Gasteiger partial charge in [-0.15, -0.1) is 0 Å². The first-order chi connectivity index (χ1) is 10.8. The molecule has 0 spiro atoms. The van der Waals surface area contributed by atoms with Gasteiger partial charge in [0.15, 0.2) is 0 Å². The molecule has 22 heavy (non-hydrogen) atoms. The SMILES string of the molecule is O=C(O)c1ccc(N(C2CCCCC2)C2CCCCC2)cc1. The predicted molar refractivity (Wildman–Crippen MR) is 89.6 cm³/mol. The predicted octanol–water partition coefficient (Wildman–Crippen LogP) is 4.86. The van der Waals surface area contributed by atoms with E-state index in [1.807, 2.05) is 12.1 Å². The third-order valence-corrected chi connectivity index (χ3v) is 5.35. The zero-order chi connectivity index (χ0) is 15.4. The van der Waals surface area contributed by atoms with E-state index in [-0.39, 0.29) is 0 Å². The van der Waals surface area contributed by atoms with Crippen LogP contribution in [-0.2, 0) is 0 Å². The molecule has 2 saturated carbocycles. The van der Waals surface area contributed by atoms with E-state index >= 15 is 0 Å². The molecule has 120 valence electrons. The van der Waals surface area contributed by atoms with Crippen LogP contribution in [0.5, 0.6) is 0 Å². The fourth-order valence-corrected chi connectivity index (χ4v) is 4.21. The maximum Gasteiger partial charge on any atom is 0.335 e. The number of anilines is 1. The highest BCUT2D eigenvalue weighted by Gasteiger charge is 2.29. The van der Waals surface area contributed by atoms with E-state index < -0.39 is 5.97 Å². The molecule has 0 bridgehead atoms. The summed E-state index contributed by atoms with van der Waals surface area (Å²) >= 11 is 0. The van der Waals surface area contributed by atoms with E-state index in [2.05, 4.69) is 4.90 Å². The highest BCUT2D eigenvalue weighted by Crippen LogP contribution is 2.34. The van der Waals surface area contributed by atoms with Gasteiger partial charge in [-0.05, 0) is 49.9 Å². The topological polar surface area (TPSA) is 40.5 Å². The van der Waals surface area contributed by atoms with Crippen molar-refractivity contribution in [1.29, 1.82) is 0 Å². The lowest BCUT2D eigenvalue weighted by molar-refractivity contribution is 0.0697. The summed E-state index contributed by atoms with van der Waals surface area (Å²) in [4.78, 5) is 13.7. The average molecular weight is 301 g/mol. The smallest absolute Gasteiger partial charge is 0.335 e. The number of hydrogen-bond donors (Lipinski definition) is 1. The Morgan fingerprint density at radius 2 is 1.27 bits per heavy atom. The van der Waals surface area contributed by atoms with Crippen LogP contribution in [0.3, 0.4) is 0 Å². The van der Waals surface area contributed by atoms with Gasteiger partial charge in [0.1, 0.15) is 0 Å². The van der Waals surface area contributed by atoms with Crippen LogP contribution >= 0.6 is 0 Å². The molecule has 1 aromatic rings. The van der Waals surface area contributed by atoms with Gasteiger partial charge in [0, 0.05) is 17.8 Å². The monoisotopic (exact) mass is 301 g/mol. The molecule has 3 nitrogen and oxygen atoms in total. The third kappa shape index (κ3) is 3.45. The van der Waals surface area contributed by atoms with E-state index in [0.29, 0.717) is 17.6 Å². The van der Waals surface area contributed by atoms with Crippen LogP contribution in [0.4, 0.5) is 5.69 Å². The number of carbonyl (C=O) groups is 1. The van der Waals surface area contributed by atoms with Crippen LogP contribution in [0.15, 0.2) is 24.3 Å². The zero-order valence-electron chi connectivity index (χ0n) is 13.3. The molecule has 0 amide bonds. The summed E-state index contributed by atoms with van der Waals surface area (Å²) in [5.41, 5.74) is 1.61. The van der Waals surface area contributed by atoms with Gasteiger partial charge in [-0.3, -0.25) is 0 Å². The van der Waals surface area contributed by atoms with E-state index in [9.17, 15) is 4.79 Å².